The van der Waals surface area contributed by atoms with Crippen LogP contribution in [0.4, 0.5) is 0 Å². The number of piperidine rings is 1. The lowest BCUT2D eigenvalue weighted by Gasteiger charge is -2.32. The lowest BCUT2D eigenvalue weighted by molar-refractivity contribution is -0.0275. The summed E-state index contributed by atoms with van der Waals surface area (Å²) in [6.45, 7) is 3.13. The van der Waals surface area contributed by atoms with E-state index in [1.54, 1.807) is 0 Å². The summed E-state index contributed by atoms with van der Waals surface area (Å²) in [6, 6.07) is 8.70. The van der Waals surface area contributed by atoms with Crippen LogP contribution in [0.15, 0.2) is 54.4 Å². The summed E-state index contributed by atoms with van der Waals surface area (Å²) in [4.78, 5) is 7.39. The molecule has 1 aromatic heterocycles. The third-order valence-corrected chi connectivity index (χ3v) is 5.87. The zero-order chi connectivity index (χ0) is 18.2. The number of fused-ring (bicyclic) bond motifs is 2. The fourth-order valence-corrected chi connectivity index (χ4v) is 4.28. The second-order valence-corrected chi connectivity index (χ2v) is 7.73. The van der Waals surface area contributed by atoms with Crippen LogP contribution in [0.25, 0.3) is 5.57 Å². The van der Waals surface area contributed by atoms with E-state index < -0.39 is 0 Å². The number of hydrogen-bond donors (Lipinski definition) is 0. The SMILES string of the molecule is CN1CCC(OC2c3ccccc3CCn3cc(C4=C=CC=C4)nc32)CC1. The van der Waals surface area contributed by atoms with Crippen LogP contribution in [0.5, 0.6) is 0 Å². The quantitative estimate of drug-likeness (QED) is 0.782. The minimum absolute atomic E-state index is 0.0965. The summed E-state index contributed by atoms with van der Waals surface area (Å²) in [5, 5.41) is 0. The number of likely N-dealkylation sites (tertiary alicyclic amines) is 1. The molecule has 1 aliphatic carbocycles. The maximum atomic E-state index is 6.72. The van der Waals surface area contributed by atoms with Crippen molar-refractivity contribution in [1.82, 2.24) is 14.5 Å². The molecule has 1 fully saturated rings. The number of imidazole rings is 1. The van der Waals surface area contributed by atoms with Crippen molar-refractivity contribution in [1.29, 1.82) is 0 Å². The predicted octanol–water partition coefficient (Wildman–Crippen LogP) is 3.75. The molecule has 4 nitrogen and oxygen atoms in total. The fourth-order valence-electron chi connectivity index (χ4n) is 4.28. The zero-order valence-electron chi connectivity index (χ0n) is 15.8. The van der Waals surface area contributed by atoms with Crippen LogP contribution >= 0.6 is 0 Å². The van der Waals surface area contributed by atoms with Gasteiger partial charge in [0.15, 0.2) is 0 Å². The first-order chi connectivity index (χ1) is 13.3. The zero-order valence-corrected chi connectivity index (χ0v) is 15.8. The van der Waals surface area contributed by atoms with E-state index in [9.17, 15) is 0 Å². The average Bonchev–Trinajstić information content (AvgIpc) is 3.34. The Morgan fingerprint density at radius 1 is 1.15 bits per heavy atom. The van der Waals surface area contributed by atoms with Gasteiger partial charge in [-0.3, -0.25) is 0 Å². The second-order valence-electron chi connectivity index (χ2n) is 7.73. The molecule has 2 aliphatic heterocycles. The minimum Gasteiger partial charge on any atom is -0.362 e. The van der Waals surface area contributed by atoms with Crippen molar-refractivity contribution in [3.8, 4) is 0 Å². The molecule has 0 amide bonds. The van der Waals surface area contributed by atoms with Gasteiger partial charge in [0.05, 0.1) is 11.8 Å². The molecule has 4 heteroatoms. The van der Waals surface area contributed by atoms with Crippen LogP contribution in [-0.2, 0) is 17.7 Å². The first-order valence-electron chi connectivity index (χ1n) is 9.90. The van der Waals surface area contributed by atoms with Gasteiger partial charge in [0.2, 0.25) is 0 Å². The number of hydrogen-bond acceptors (Lipinski definition) is 3. The number of aryl methyl sites for hydroxylation is 2. The standard InChI is InChI=1S/C23H25N3O/c1-25-13-11-19(12-14-25)27-22-20-9-5-4-6-17(20)10-15-26-16-21(24-23(22)26)18-7-2-3-8-18/h2-7,9,16,19,22H,10-15H2,1H3. The Labute approximate surface area is 160 Å². The molecule has 1 saturated heterocycles. The Morgan fingerprint density at radius 3 is 2.81 bits per heavy atom. The third-order valence-electron chi connectivity index (χ3n) is 5.87. The molecule has 0 N–H and O–H groups in total. The molecule has 1 aromatic carbocycles. The maximum absolute atomic E-state index is 6.72. The van der Waals surface area contributed by atoms with E-state index >= 15 is 0 Å². The number of allylic oxidation sites excluding steroid dienone is 3. The third kappa shape index (κ3) is 3.21. The molecule has 0 spiro atoms. The second kappa shape index (κ2) is 6.97. The van der Waals surface area contributed by atoms with Gasteiger partial charge in [-0.15, -0.1) is 5.73 Å². The van der Waals surface area contributed by atoms with Crippen LogP contribution in [0, 0.1) is 0 Å². The molecule has 138 valence electrons. The Kier molecular flexibility index (Phi) is 4.33. The molecule has 2 aromatic rings. The Bertz CT molecular complexity index is 940. The lowest BCUT2D eigenvalue weighted by Crippen LogP contribution is -2.35. The van der Waals surface area contributed by atoms with E-state index in [-0.39, 0.29) is 12.2 Å². The summed E-state index contributed by atoms with van der Waals surface area (Å²) >= 11 is 0. The van der Waals surface area contributed by atoms with Crippen molar-refractivity contribution in [3.63, 3.8) is 0 Å². The van der Waals surface area contributed by atoms with Crippen molar-refractivity contribution < 1.29 is 4.74 Å². The molecule has 0 bridgehead atoms. The van der Waals surface area contributed by atoms with Crippen molar-refractivity contribution in [2.24, 2.45) is 0 Å². The molecular formula is C23H25N3O. The van der Waals surface area contributed by atoms with Crippen molar-refractivity contribution >= 4 is 5.57 Å². The van der Waals surface area contributed by atoms with Gasteiger partial charge >= 0.3 is 0 Å². The number of benzene rings is 1. The molecule has 5 rings (SSSR count). The summed E-state index contributed by atoms with van der Waals surface area (Å²) in [7, 11) is 2.19. The van der Waals surface area contributed by atoms with Crippen LogP contribution in [-0.4, -0.2) is 40.7 Å². The monoisotopic (exact) mass is 359 g/mol. The molecular weight excluding hydrogens is 334 g/mol. The molecule has 0 saturated carbocycles. The van der Waals surface area contributed by atoms with Gasteiger partial charge in [0.1, 0.15) is 11.9 Å². The maximum Gasteiger partial charge on any atom is 0.143 e. The number of rotatable bonds is 3. The van der Waals surface area contributed by atoms with Crippen LogP contribution in [0.3, 0.4) is 0 Å². The van der Waals surface area contributed by atoms with E-state index in [4.69, 9.17) is 9.72 Å². The average molecular weight is 359 g/mol. The molecule has 1 atom stereocenters. The first-order valence-corrected chi connectivity index (χ1v) is 9.90. The predicted molar refractivity (Wildman–Crippen MR) is 106 cm³/mol. The molecule has 3 aliphatic rings. The van der Waals surface area contributed by atoms with Crippen LogP contribution < -0.4 is 0 Å². The smallest absolute Gasteiger partial charge is 0.143 e. The van der Waals surface area contributed by atoms with Gasteiger partial charge in [-0.25, -0.2) is 4.98 Å². The molecule has 27 heavy (non-hydrogen) atoms. The highest BCUT2D eigenvalue weighted by Crippen LogP contribution is 2.35. The number of ether oxygens (including phenoxy) is 1. The molecule has 3 heterocycles. The van der Waals surface area contributed by atoms with Crippen molar-refractivity contribution in [2.45, 2.75) is 38.0 Å². The normalized spacial score (nSPS) is 22.4. The summed E-state index contributed by atoms with van der Waals surface area (Å²) < 4.78 is 9.01. The van der Waals surface area contributed by atoms with E-state index in [2.05, 4.69) is 58.8 Å². The topological polar surface area (TPSA) is 30.3 Å². The van der Waals surface area contributed by atoms with Gasteiger partial charge in [0.25, 0.3) is 0 Å². The Balaban J connectivity index is 1.53. The largest absolute Gasteiger partial charge is 0.362 e. The molecule has 0 radical (unpaired) electrons. The fraction of sp³-hybridized carbons (Fsp3) is 0.391. The highest BCUT2D eigenvalue weighted by atomic mass is 16.5. The van der Waals surface area contributed by atoms with Gasteiger partial charge in [0, 0.05) is 31.4 Å². The highest BCUT2D eigenvalue weighted by Gasteiger charge is 2.30. The Hall–Kier alpha value is -2.39. The van der Waals surface area contributed by atoms with E-state index in [0.717, 1.165) is 56.0 Å². The van der Waals surface area contributed by atoms with Crippen molar-refractivity contribution in [2.75, 3.05) is 20.1 Å². The van der Waals surface area contributed by atoms with Crippen LogP contribution in [0.2, 0.25) is 0 Å². The van der Waals surface area contributed by atoms with E-state index in [0.29, 0.717) is 0 Å². The van der Waals surface area contributed by atoms with Gasteiger partial charge in [-0.2, -0.15) is 0 Å². The Morgan fingerprint density at radius 2 is 2.00 bits per heavy atom. The van der Waals surface area contributed by atoms with E-state index in [1.807, 2.05) is 12.2 Å². The van der Waals surface area contributed by atoms with Gasteiger partial charge in [-0.1, -0.05) is 30.3 Å². The number of aromatic nitrogens is 2. The first kappa shape index (κ1) is 16.8. The van der Waals surface area contributed by atoms with Crippen molar-refractivity contribution in [3.05, 3.63) is 77.1 Å². The summed E-state index contributed by atoms with van der Waals surface area (Å²) in [5.74, 6) is 1.03. The van der Waals surface area contributed by atoms with Gasteiger partial charge < -0.3 is 14.2 Å². The lowest BCUT2D eigenvalue weighted by atomic mass is 10.00. The van der Waals surface area contributed by atoms with E-state index in [1.165, 1.54) is 11.1 Å². The van der Waals surface area contributed by atoms with Gasteiger partial charge in [-0.05, 0) is 49.6 Å². The summed E-state index contributed by atoms with van der Waals surface area (Å²) in [6.07, 6.45) is 11.6. The minimum atomic E-state index is -0.0965. The number of nitrogens with zero attached hydrogens (tertiary/aromatic N) is 3. The highest BCUT2D eigenvalue weighted by molar-refractivity contribution is 5.74. The van der Waals surface area contributed by atoms with Crippen LogP contribution in [0.1, 0.15) is 41.6 Å². The molecule has 1 unspecified atom stereocenters. The summed E-state index contributed by atoms with van der Waals surface area (Å²) in [5.41, 5.74) is 7.98.